The Bertz CT molecular complexity index is 1360. The van der Waals surface area contributed by atoms with Crippen molar-refractivity contribution in [2.45, 2.75) is 46.2 Å². The van der Waals surface area contributed by atoms with Gasteiger partial charge >= 0.3 is 0 Å². The van der Waals surface area contributed by atoms with E-state index in [1.807, 2.05) is 50.4 Å². The molecule has 0 radical (unpaired) electrons. The second-order valence-electron chi connectivity index (χ2n) is 9.23. The number of aryl methyl sites for hydroxylation is 1. The van der Waals surface area contributed by atoms with E-state index in [-0.39, 0.29) is 35.3 Å². The van der Waals surface area contributed by atoms with Crippen LogP contribution in [0, 0.1) is 6.92 Å². The highest BCUT2D eigenvalue weighted by atomic mass is 32.1. The fourth-order valence-electron chi connectivity index (χ4n) is 4.66. The fourth-order valence-corrected chi connectivity index (χ4v) is 5.36. The Kier molecular flexibility index (Phi) is 7.59. The molecule has 0 spiro atoms. The zero-order valence-corrected chi connectivity index (χ0v) is 22.4. The van der Waals surface area contributed by atoms with Gasteiger partial charge in [-0.25, -0.2) is 0 Å². The standard InChI is InChI=1S/C29H31NO6S/c1-6-36-24-13-18(9-10-22(24)31)26-25(28(33)29(34)30(26)15-19-8-7-11-37-19)27(32)21-14-20(16(2)3)23(35-5)12-17(21)4/h7-14,16,26,31-32H,6,15H2,1-5H3/b27-25+. The number of ketones is 1. The summed E-state index contributed by atoms with van der Waals surface area (Å²) < 4.78 is 11.1. The van der Waals surface area contributed by atoms with Crippen LogP contribution < -0.4 is 9.47 Å². The van der Waals surface area contributed by atoms with Gasteiger partial charge in [-0.2, -0.15) is 0 Å². The predicted molar refractivity (Wildman–Crippen MR) is 143 cm³/mol. The molecule has 1 aliphatic heterocycles. The number of rotatable bonds is 8. The maximum Gasteiger partial charge on any atom is 0.295 e. The highest BCUT2D eigenvalue weighted by Gasteiger charge is 2.46. The number of methoxy groups -OCH3 is 1. The number of Topliss-reactive ketones (excluding diaryl/α,β-unsaturated/α-hetero) is 1. The number of benzene rings is 2. The van der Waals surface area contributed by atoms with Crippen LogP contribution in [0.2, 0.25) is 0 Å². The number of phenolic OH excluding ortho intramolecular Hbond substituents is 1. The molecule has 1 fully saturated rings. The van der Waals surface area contributed by atoms with E-state index < -0.39 is 17.7 Å². The maximum absolute atomic E-state index is 13.5. The number of carbonyl (C=O) groups excluding carboxylic acids is 2. The van der Waals surface area contributed by atoms with Crippen LogP contribution in [0.4, 0.5) is 0 Å². The average molecular weight is 522 g/mol. The molecular weight excluding hydrogens is 490 g/mol. The number of aromatic hydroxyl groups is 1. The van der Waals surface area contributed by atoms with E-state index in [2.05, 4.69) is 0 Å². The molecule has 1 aromatic heterocycles. The molecule has 8 heteroatoms. The minimum atomic E-state index is -0.870. The van der Waals surface area contributed by atoms with E-state index in [1.54, 1.807) is 26.2 Å². The topological polar surface area (TPSA) is 96.3 Å². The molecule has 0 saturated carbocycles. The van der Waals surface area contributed by atoms with Crippen LogP contribution in [0.5, 0.6) is 17.2 Å². The van der Waals surface area contributed by atoms with Crippen molar-refractivity contribution in [3.63, 3.8) is 0 Å². The van der Waals surface area contributed by atoms with Gasteiger partial charge in [0.25, 0.3) is 11.7 Å². The van der Waals surface area contributed by atoms with Crippen LogP contribution in [-0.4, -0.2) is 40.5 Å². The van der Waals surface area contributed by atoms with Crippen molar-refractivity contribution in [1.82, 2.24) is 4.90 Å². The number of aliphatic hydroxyl groups is 1. The monoisotopic (exact) mass is 521 g/mol. The van der Waals surface area contributed by atoms with Crippen LogP contribution >= 0.6 is 11.3 Å². The van der Waals surface area contributed by atoms with E-state index in [1.165, 1.54) is 22.3 Å². The lowest BCUT2D eigenvalue weighted by Gasteiger charge is -2.26. The third-order valence-corrected chi connectivity index (χ3v) is 7.36. The van der Waals surface area contributed by atoms with Crippen molar-refractivity contribution in [2.24, 2.45) is 0 Å². The molecule has 194 valence electrons. The summed E-state index contributed by atoms with van der Waals surface area (Å²) in [6.45, 7) is 8.19. The van der Waals surface area contributed by atoms with Crippen LogP contribution in [0.3, 0.4) is 0 Å². The molecule has 4 rings (SSSR count). The number of nitrogens with zero attached hydrogens (tertiary/aromatic N) is 1. The molecule has 1 aliphatic rings. The predicted octanol–water partition coefficient (Wildman–Crippen LogP) is 5.91. The Morgan fingerprint density at radius 3 is 2.51 bits per heavy atom. The highest BCUT2D eigenvalue weighted by molar-refractivity contribution is 7.09. The van der Waals surface area contributed by atoms with Gasteiger partial charge in [-0.05, 0) is 72.2 Å². The summed E-state index contributed by atoms with van der Waals surface area (Å²) in [7, 11) is 1.59. The minimum absolute atomic E-state index is 0.00216. The second-order valence-corrected chi connectivity index (χ2v) is 10.3. The lowest BCUT2D eigenvalue weighted by molar-refractivity contribution is -0.140. The molecular formula is C29H31NO6S. The number of ether oxygens (including phenoxy) is 2. The molecule has 37 heavy (non-hydrogen) atoms. The number of hydrogen-bond donors (Lipinski definition) is 2. The summed E-state index contributed by atoms with van der Waals surface area (Å²) in [5, 5.41) is 23.8. The van der Waals surface area contributed by atoms with Crippen LogP contribution in [0.25, 0.3) is 5.76 Å². The van der Waals surface area contributed by atoms with Gasteiger partial charge in [-0.3, -0.25) is 9.59 Å². The largest absolute Gasteiger partial charge is 0.507 e. The van der Waals surface area contributed by atoms with E-state index >= 15 is 0 Å². The molecule has 3 aromatic rings. The molecule has 2 heterocycles. The summed E-state index contributed by atoms with van der Waals surface area (Å²) >= 11 is 1.48. The van der Waals surface area contributed by atoms with Crippen molar-refractivity contribution in [3.05, 3.63) is 80.5 Å². The summed E-state index contributed by atoms with van der Waals surface area (Å²) in [5.74, 6) is -0.709. The third kappa shape index (κ3) is 4.93. The molecule has 0 bridgehead atoms. The van der Waals surface area contributed by atoms with Crippen molar-refractivity contribution >= 4 is 28.8 Å². The molecule has 7 nitrogen and oxygen atoms in total. The lowest BCUT2D eigenvalue weighted by atomic mass is 9.91. The Balaban J connectivity index is 1.94. The van der Waals surface area contributed by atoms with E-state index in [0.29, 0.717) is 29.0 Å². The van der Waals surface area contributed by atoms with Crippen LogP contribution in [0.1, 0.15) is 59.9 Å². The minimum Gasteiger partial charge on any atom is -0.507 e. The Morgan fingerprint density at radius 1 is 1.14 bits per heavy atom. The van der Waals surface area contributed by atoms with E-state index in [0.717, 1.165) is 10.4 Å². The molecule has 1 saturated heterocycles. The summed E-state index contributed by atoms with van der Waals surface area (Å²) in [4.78, 5) is 29.2. The molecule has 0 aliphatic carbocycles. The zero-order valence-electron chi connectivity index (χ0n) is 21.6. The quantitative estimate of drug-likeness (QED) is 0.217. The number of hydrogen-bond acceptors (Lipinski definition) is 7. The van der Waals surface area contributed by atoms with Gasteiger partial charge in [0.2, 0.25) is 0 Å². The van der Waals surface area contributed by atoms with Crippen molar-refractivity contribution in [2.75, 3.05) is 13.7 Å². The first-order chi connectivity index (χ1) is 17.7. The van der Waals surface area contributed by atoms with Gasteiger partial charge in [0, 0.05) is 10.4 Å². The maximum atomic E-state index is 13.5. The molecule has 2 N–H and O–H groups in total. The van der Waals surface area contributed by atoms with Crippen molar-refractivity contribution < 1.29 is 29.3 Å². The smallest absolute Gasteiger partial charge is 0.295 e. The highest BCUT2D eigenvalue weighted by Crippen LogP contribution is 2.44. The first kappa shape index (κ1) is 26.3. The van der Waals surface area contributed by atoms with E-state index in [4.69, 9.17) is 9.47 Å². The number of aliphatic hydroxyl groups excluding tert-OH is 1. The third-order valence-electron chi connectivity index (χ3n) is 6.50. The van der Waals surface area contributed by atoms with Crippen molar-refractivity contribution in [1.29, 1.82) is 0 Å². The number of thiophene rings is 1. The van der Waals surface area contributed by atoms with Gasteiger partial charge in [-0.1, -0.05) is 26.0 Å². The normalized spacial score (nSPS) is 17.0. The van der Waals surface area contributed by atoms with Gasteiger partial charge in [0.1, 0.15) is 11.5 Å². The summed E-state index contributed by atoms with van der Waals surface area (Å²) in [6.07, 6.45) is 0. The number of amides is 1. The summed E-state index contributed by atoms with van der Waals surface area (Å²) in [6, 6.07) is 11.3. The summed E-state index contributed by atoms with van der Waals surface area (Å²) in [5.41, 5.74) is 2.60. The zero-order chi connectivity index (χ0) is 26.9. The first-order valence-electron chi connectivity index (χ1n) is 12.1. The van der Waals surface area contributed by atoms with Crippen LogP contribution in [0.15, 0.2) is 53.4 Å². The SMILES string of the molecule is CCOc1cc(C2/C(=C(\O)c3cc(C(C)C)c(OC)cc3C)C(=O)C(=O)N2Cc2cccs2)ccc1O. The lowest BCUT2D eigenvalue weighted by Crippen LogP contribution is -2.28. The van der Waals surface area contributed by atoms with Gasteiger partial charge in [0.05, 0.1) is 31.9 Å². The van der Waals surface area contributed by atoms with Gasteiger partial charge in [-0.15, -0.1) is 11.3 Å². The Labute approximate surface area is 220 Å². The molecule has 1 unspecified atom stereocenters. The number of phenols is 1. The average Bonchev–Trinajstić information content (AvgIpc) is 3.47. The molecule has 2 aromatic carbocycles. The van der Waals surface area contributed by atoms with Crippen molar-refractivity contribution in [3.8, 4) is 17.2 Å². The molecule has 1 amide bonds. The van der Waals surface area contributed by atoms with Crippen LogP contribution in [-0.2, 0) is 16.1 Å². The van der Waals surface area contributed by atoms with Gasteiger partial charge in [0.15, 0.2) is 11.5 Å². The van der Waals surface area contributed by atoms with Gasteiger partial charge < -0.3 is 24.6 Å². The Hall–Kier alpha value is -3.78. The second kappa shape index (κ2) is 10.7. The number of likely N-dealkylation sites (tertiary alicyclic amines) is 1. The Morgan fingerprint density at radius 2 is 1.89 bits per heavy atom. The first-order valence-corrected chi connectivity index (χ1v) is 13.0. The fraction of sp³-hybridized carbons (Fsp3) is 0.310. The van der Waals surface area contributed by atoms with E-state index in [9.17, 15) is 19.8 Å². The number of carbonyl (C=O) groups is 2. The molecule has 1 atom stereocenters.